The number of rotatable bonds is 6. The lowest BCUT2D eigenvalue weighted by Gasteiger charge is -2.57. The van der Waals surface area contributed by atoms with E-state index in [1.165, 1.54) is 44.2 Å². The van der Waals surface area contributed by atoms with Crippen LogP contribution >= 0.6 is 0 Å². The Kier molecular flexibility index (Phi) is 6.12. The first-order chi connectivity index (χ1) is 14.0. The molecule has 0 aliphatic heterocycles. The van der Waals surface area contributed by atoms with Crippen molar-refractivity contribution in [3.05, 3.63) is 11.6 Å². The van der Waals surface area contributed by atoms with Crippen molar-refractivity contribution in [1.29, 1.82) is 0 Å². The summed E-state index contributed by atoms with van der Waals surface area (Å²) in [6, 6.07) is 0. The van der Waals surface area contributed by atoms with Crippen LogP contribution in [0.3, 0.4) is 0 Å². The molecule has 4 rings (SSSR count). The average Bonchev–Trinajstić information content (AvgIpc) is 3.05. The van der Waals surface area contributed by atoms with E-state index in [1.807, 2.05) is 14.1 Å². The number of allylic oxidation sites excluding steroid dienone is 1. The molecule has 29 heavy (non-hydrogen) atoms. The molecule has 4 aliphatic rings. The minimum atomic E-state index is 0.231. The molecule has 0 bridgehead atoms. The molecule has 0 aromatic carbocycles. The van der Waals surface area contributed by atoms with Crippen LogP contribution in [0.25, 0.3) is 0 Å². The maximum absolute atomic E-state index is 6.29. The molecule has 5 heteroatoms. The maximum Gasteiger partial charge on any atom is 0.106 e. The topological polar surface area (TPSA) is 54.9 Å². The van der Waals surface area contributed by atoms with Gasteiger partial charge in [0.2, 0.25) is 0 Å². The summed E-state index contributed by atoms with van der Waals surface area (Å²) in [5, 5.41) is 11.0. The van der Waals surface area contributed by atoms with Crippen molar-refractivity contribution in [1.82, 2.24) is 10.6 Å². The summed E-state index contributed by atoms with van der Waals surface area (Å²) in [7, 11) is 5.66. The van der Waals surface area contributed by atoms with Crippen molar-refractivity contribution in [2.45, 2.75) is 77.5 Å². The van der Waals surface area contributed by atoms with Crippen LogP contribution in [0.4, 0.5) is 0 Å². The van der Waals surface area contributed by atoms with E-state index in [0.29, 0.717) is 11.5 Å². The van der Waals surface area contributed by atoms with Gasteiger partial charge in [-0.15, -0.1) is 0 Å². The molecule has 0 spiro atoms. The molecule has 0 amide bonds. The molecular formula is C24H41N3O2. The standard InChI is InChI=1S/C24H41N3O2/c1-23-12-10-17(29-15-22(25-3)26-4)14-16(23)6-7-18-19-8-9-21(27-28-5)24(19,2)13-11-20(18)23/h6,17-20,22,25-26H,7-15H2,1-5H3/b27-21+/t17-,18-,19-,20-,23-,24-/m0/s1. The van der Waals surface area contributed by atoms with Gasteiger partial charge in [-0.25, -0.2) is 0 Å². The highest BCUT2D eigenvalue weighted by molar-refractivity contribution is 5.92. The smallest absolute Gasteiger partial charge is 0.106 e. The lowest BCUT2D eigenvalue weighted by Crippen LogP contribution is -2.51. The van der Waals surface area contributed by atoms with E-state index in [9.17, 15) is 0 Å². The summed E-state index contributed by atoms with van der Waals surface area (Å²) in [6.45, 7) is 5.76. The Balaban J connectivity index is 1.48. The van der Waals surface area contributed by atoms with Crippen LogP contribution < -0.4 is 10.6 Å². The van der Waals surface area contributed by atoms with Crippen molar-refractivity contribution >= 4 is 5.71 Å². The van der Waals surface area contributed by atoms with Crippen LogP contribution in [0.2, 0.25) is 0 Å². The van der Waals surface area contributed by atoms with Crippen LogP contribution in [0, 0.1) is 28.6 Å². The van der Waals surface area contributed by atoms with E-state index in [-0.39, 0.29) is 11.6 Å². The van der Waals surface area contributed by atoms with Crippen LogP contribution in [0.15, 0.2) is 16.8 Å². The Morgan fingerprint density at radius 3 is 2.55 bits per heavy atom. The molecule has 5 nitrogen and oxygen atoms in total. The number of hydrogen-bond acceptors (Lipinski definition) is 5. The Hall–Kier alpha value is -0.910. The van der Waals surface area contributed by atoms with Crippen molar-refractivity contribution in [2.24, 2.45) is 33.7 Å². The fourth-order valence-corrected chi connectivity index (χ4v) is 7.36. The van der Waals surface area contributed by atoms with Gasteiger partial charge in [-0.3, -0.25) is 0 Å². The minimum Gasteiger partial charge on any atom is -0.399 e. The molecule has 3 saturated carbocycles. The number of nitrogens with one attached hydrogen (secondary N) is 2. The summed E-state index contributed by atoms with van der Waals surface area (Å²) in [5.41, 5.74) is 3.64. The summed E-state index contributed by atoms with van der Waals surface area (Å²) < 4.78 is 6.29. The third kappa shape index (κ3) is 3.57. The summed E-state index contributed by atoms with van der Waals surface area (Å²) in [5.74, 6) is 2.40. The molecule has 0 aromatic rings. The van der Waals surface area contributed by atoms with Crippen molar-refractivity contribution in [3.63, 3.8) is 0 Å². The van der Waals surface area contributed by atoms with E-state index in [0.717, 1.165) is 37.2 Å². The fourth-order valence-electron chi connectivity index (χ4n) is 7.36. The van der Waals surface area contributed by atoms with Gasteiger partial charge in [-0.1, -0.05) is 30.7 Å². The van der Waals surface area contributed by atoms with Gasteiger partial charge in [-0.2, -0.15) is 0 Å². The van der Waals surface area contributed by atoms with Crippen molar-refractivity contribution in [3.8, 4) is 0 Å². The second-order valence-corrected chi connectivity index (χ2v) is 10.3. The number of nitrogens with zero attached hydrogens (tertiary/aromatic N) is 1. The molecule has 0 radical (unpaired) electrons. The normalized spacial score (nSPS) is 43.0. The summed E-state index contributed by atoms with van der Waals surface area (Å²) >= 11 is 0. The lowest BCUT2D eigenvalue weighted by atomic mass is 9.48. The first kappa shape index (κ1) is 21.3. The van der Waals surface area contributed by atoms with Gasteiger partial charge >= 0.3 is 0 Å². The van der Waals surface area contributed by atoms with Crippen molar-refractivity contribution in [2.75, 3.05) is 27.8 Å². The Labute approximate surface area is 177 Å². The zero-order valence-electron chi connectivity index (χ0n) is 19.1. The summed E-state index contributed by atoms with van der Waals surface area (Å²) in [6.07, 6.45) is 13.1. The third-order valence-electron chi connectivity index (χ3n) is 9.20. The quantitative estimate of drug-likeness (QED) is 0.398. The Morgan fingerprint density at radius 2 is 1.83 bits per heavy atom. The highest BCUT2D eigenvalue weighted by Crippen LogP contribution is 2.64. The van der Waals surface area contributed by atoms with Gasteiger partial charge in [0.25, 0.3) is 0 Å². The number of ether oxygens (including phenoxy) is 1. The van der Waals surface area contributed by atoms with Gasteiger partial charge in [0.1, 0.15) is 7.11 Å². The van der Waals surface area contributed by atoms with Crippen LogP contribution in [0.5, 0.6) is 0 Å². The van der Waals surface area contributed by atoms with Gasteiger partial charge in [-0.05, 0) is 88.6 Å². The highest BCUT2D eigenvalue weighted by Gasteiger charge is 2.58. The van der Waals surface area contributed by atoms with E-state index in [2.05, 4.69) is 35.7 Å². The van der Waals surface area contributed by atoms with E-state index in [1.54, 1.807) is 12.7 Å². The van der Waals surface area contributed by atoms with E-state index < -0.39 is 0 Å². The predicted molar refractivity (Wildman–Crippen MR) is 118 cm³/mol. The number of fused-ring (bicyclic) bond motifs is 5. The molecule has 0 saturated heterocycles. The Bertz CT molecular complexity index is 659. The molecule has 0 unspecified atom stereocenters. The Morgan fingerprint density at radius 1 is 1.10 bits per heavy atom. The molecule has 6 atom stereocenters. The van der Waals surface area contributed by atoms with Crippen LogP contribution in [0.1, 0.15) is 65.2 Å². The van der Waals surface area contributed by atoms with Gasteiger partial charge in [0, 0.05) is 5.41 Å². The highest BCUT2D eigenvalue weighted by atomic mass is 16.6. The lowest BCUT2D eigenvalue weighted by molar-refractivity contribution is -0.0408. The molecule has 0 heterocycles. The first-order valence-electron chi connectivity index (χ1n) is 11.7. The molecule has 4 aliphatic carbocycles. The summed E-state index contributed by atoms with van der Waals surface area (Å²) in [4.78, 5) is 5.20. The molecule has 3 fully saturated rings. The molecule has 0 aromatic heterocycles. The van der Waals surface area contributed by atoms with Crippen LogP contribution in [-0.2, 0) is 9.57 Å². The monoisotopic (exact) mass is 403 g/mol. The zero-order valence-corrected chi connectivity index (χ0v) is 19.1. The van der Waals surface area contributed by atoms with Gasteiger partial charge in [0.05, 0.1) is 24.6 Å². The van der Waals surface area contributed by atoms with Crippen LogP contribution in [-0.4, -0.2) is 45.8 Å². The van der Waals surface area contributed by atoms with Gasteiger partial charge < -0.3 is 20.2 Å². The largest absolute Gasteiger partial charge is 0.399 e. The minimum absolute atomic E-state index is 0.231. The van der Waals surface area contributed by atoms with E-state index in [4.69, 9.17) is 9.57 Å². The second kappa shape index (κ2) is 8.32. The molecule has 164 valence electrons. The van der Waals surface area contributed by atoms with Gasteiger partial charge in [0.15, 0.2) is 0 Å². The SMILES string of the molecule is CNC(CO[C@H]1CC[C@@]2(C)C(=CC[C@@H]3[C@@H]2CC[C@]2(C)/C(=N/OC)CC[C@@H]32)C1)NC. The number of hydrogen-bond donors (Lipinski definition) is 2. The fraction of sp³-hybridized carbons (Fsp3) is 0.875. The third-order valence-corrected chi connectivity index (χ3v) is 9.20. The van der Waals surface area contributed by atoms with E-state index >= 15 is 0 Å². The second-order valence-electron chi connectivity index (χ2n) is 10.3. The number of likely N-dealkylation sites (N-methyl/N-ethyl adjacent to an activating group) is 2. The maximum atomic E-state index is 6.29. The molecular weight excluding hydrogens is 362 g/mol. The number of oxime groups is 1. The predicted octanol–water partition coefficient (Wildman–Crippen LogP) is 4.10. The van der Waals surface area contributed by atoms with Crippen molar-refractivity contribution < 1.29 is 9.57 Å². The zero-order chi connectivity index (χ0) is 20.6. The molecule has 2 N–H and O–H groups in total. The average molecular weight is 404 g/mol. The first-order valence-corrected chi connectivity index (χ1v) is 11.7.